The number of rotatable bonds is 4. The Bertz CT molecular complexity index is 405. The zero-order chi connectivity index (χ0) is 13.1. The summed E-state index contributed by atoms with van der Waals surface area (Å²) in [6.07, 6.45) is 1.08. The number of aryl methyl sites for hydroxylation is 1. The van der Waals surface area contributed by atoms with E-state index in [1.807, 2.05) is 12.1 Å². The minimum Gasteiger partial charge on any atom is -0.380 e. The van der Waals surface area contributed by atoms with Crippen LogP contribution in [0.4, 0.5) is 0 Å². The first-order valence-electron chi connectivity index (χ1n) is 6.39. The van der Waals surface area contributed by atoms with Gasteiger partial charge in [0.05, 0.1) is 6.61 Å². The van der Waals surface area contributed by atoms with Crippen LogP contribution in [-0.2, 0) is 4.74 Å². The maximum absolute atomic E-state index is 6.01. The second-order valence-electron chi connectivity index (χ2n) is 4.94. The number of halogens is 1. The van der Waals surface area contributed by atoms with E-state index in [4.69, 9.17) is 22.1 Å². The number of nitrogens with two attached hydrogens (primary N) is 1. The quantitative estimate of drug-likeness (QED) is 0.911. The van der Waals surface area contributed by atoms with E-state index in [0.29, 0.717) is 12.6 Å². The average Bonchev–Trinajstić information content (AvgIpc) is 2.86. The van der Waals surface area contributed by atoms with Gasteiger partial charge in [0.25, 0.3) is 0 Å². The molecule has 2 rings (SSSR count). The van der Waals surface area contributed by atoms with E-state index in [-0.39, 0.29) is 6.04 Å². The molecule has 1 aromatic rings. The van der Waals surface area contributed by atoms with Crippen LogP contribution in [0.25, 0.3) is 0 Å². The molecule has 0 aromatic heterocycles. The fourth-order valence-corrected chi connectivity index (χ4v) is 2.85. The summed E-state index contributed by atoms with van der Waals surface area (Å²) < 4.78 is 5.45. The highest BCUT2D eigenvalue weighted by atomic mass is 35.5. The van der Waals surface area contributed by atoms with Crippen molar-refractivity contribution in [2.45, 2.75) is 25.4 Å². The molecule has 3 nitrogen and oxygen atoms in total. The maximum atomic E-state index is 6.01. The summed E-state index contributed by atoms with van der Waals surface area (Å²) in [5.41, 5.74) is 8.42. The standard InChI is InChI=1S/C14H21ClN2O/c1-10-7-11(15)3-4-13(10)14(8-16)17(2)12-5-6-18-9-12/h3-4,7,12,14H,5-6,8-9,16H2,1-2H3. The fourth-order valence-electron chi connectivity index (χ4n) is 2.62. The molecule has 1 fully saturated rings. The lowest BCUT2D eigenvalue weighted by molar-refractivity contribution is 0.134. The molecule has 0 bridgehead atoms. The predicted molar refractivity (Wildman–Crippen MR) is 75.0 cm³/mol. The first kappa shape index (κ1) is 13.8. The molecule has 2 N–H and O–H groups in total. The summed E-state index contributed by atoms with van der Waals surface area (Å²) in [6, 6.07) is 6.72. The molecule has 0 aliphatic carbocycles. The van der Waals surface area contributed by atoms with Gasteiger partial charge in [-0.25, -0.2) is 0 Å². The van der Waals surface area contributed by atoms with Gasteiger partial charge in [0.15, 0.2) is 0 Å². The Labute approximate surface area is 114 Å². The van der Waals surface area contributed by atoms with Gasteiger partial charge in [-0.15, -0.1) is 0 Å². The third-order valence-electron chi connectivity index (χ3n) is 3.79. The van der Waals surface area contributed by atoms with Crippen molar-refractivity contribution in [3.8, 4) is 0 Å². The number of hydrogen-bond donors (Lipinski definition) is 1. The molecule has 1 heterocycles. The molecule has 0 saturated carbocycles. The van der Waals surface area contributed by atoms with Crippen molar-refractivity contribution in [3.63, 3.8) is 0 Å². The van der Waals surface area contributed by atoms with Gasteiger partial charge >= 0.3 is 0 Å². The maximum Gasteiger partial charge on any atom is 0.0622 e. The van der Waals surface area contributed by atoms with Crippen molar-refractivity contribution in [2.75, 3.05) is 26.8 Å². The van der Waals surface area contributed by atoms with Gasteiger partial charge in [-0.2, -0.15) is 0 Å². The van der Waals surface area contributed by atoms with Gasteiger partial charge in [0, 0.05) is 30.3 Å². The number of ether oxygens (including phenoxy) is 1. The Morgan fingerprint density at radius 1 is 1.56 bits per heavy atom. The fraction of sp³-hybridized carbons (Fsp3) is 0.571. The molecule has 1 aliphatic heterocycles. The Morgan fingerprint density at radius 3 is 2.89 bits per heavy atom. The largest absolute Gasteiger partial charge is 0.380 e. The van der Waals surface area contributed by atoms with Gasteiger partial charge < -0.3 is 10.5 Å². The van der Waals surface area contributed by atoms with E-state index in [0.717, 1.165) is 24.7 Å². The van der Waals surface area contributed by atoms with Crippen LogP contribution in [0.2, 0.25) is 5.02 Å². The van der Waals surface area contributed by atoms with Gasteiger partial charge in [-0.1, -0.05) is 17.7 Å². The highest BCUT2D eigenvalue weighted by Crippen LogP contribution is 2.27. The summed E-state index contributed by atoms with van der Waals surface area (Å²) in [5, 5.41) is 0.777. The molecule has 18 heavy (non-hydrogen) atoms. The summed E-state index contributed by atoms with van der Waals surface area (Å²) in [4.78, 5) is 2.34. The summed E-state index contributed by atoms with van der Waals surface area (Å²) in [5.74, 6) is 0. The topological polar surface area (TPSA) is 38.5 Å². The van der Waals surface area contributed by atoms with Crippen LogP contribution in [0.1, 0.15) is 23.6 Å². The van der Waals surface area contributed by atoms with Gasteiger partial charge in [-0.3, -0.25) is 4.90 Å². The molecule has 1 aliphatic rings. The van der Waals surface area contributed by atoms with Crippen molar-refractivity contribution in [2.24, 2.45) is 5.73 Å². The van der Waals surface area contributed by atoms with E-state index in [1.54, 1.807) is 0 Å². The van der Waals surface area contributed by atoms with Crippen molar-refractivity contribution in [3.05, 3.63) is 34.3 Å². The van der Waals surface area contributed by atoms with Crippen LogP contribution in [-0.4, -0.2) is 37.7 Å². The third-order valence-corrected chi connectivity index (χ3v) is 4.02. The third kappa shape index (κ3) is 2.86. The van der Waals surface area contributed by atoms with E-state index >= 15 is 0 Å². The highest BCUT2D eigenvalue weighted by molar-refractivity contribution is 6.30. The number of hydrogen-bond acceptors (Lipinski definition) is 3. The van der Waals surface area contributed by atoms with Crippen molar-refractivity contribution in [1.29, 1.82) is 0 Å². The molecule has 0 radical (unpaired) electrons. The minimum atomic E-state index is 0.231. The average molecular weight is 269 g/mol. The molecular formula is C14H21ClN2O. The van der Waals surface area contributed by atoms with Crippen LogP contribution in [0.3, 0.4) is 0 Å². The molecule has 2 unspecified atom stereocenters. The number of benzene rings is 1. The molecule has 100 valence electrons. The Balaban J connectivity index is 2.21. The van der Waals surface area contributed by atoms with Crippen LogP contribution in [0.5, 0.6) is 0 Å². The molecule has 1 aromatic carbocycles. The van der Waals surface area contributed by atoms with Gasteiger partial charge in [-0.05, 0) is 43.7 Å². The lowest BCUT2D eigenvalue weighted by Crippen LogP contribution is -2.39. The minimum absolute atomic E-state index is 0.231. The first-order chi connectivity index (χ1) is 8.63. The van der Waals surface area contributed by atoms with E-state index < -0.39 is 0 Å². The van der Waals surface area contributed by atoms with Crippen LogP contribution >= 0.6 is 11.6 Å². The first-order valence-corrected chi connectivity index (χ1v) is 6.77. The number of nitrogens with zero attached hydrogens (tertiary/aromatic N) is 1. The summed E-state index contributed by atoms with van der Waals surface area (Å²) >= 11 is 6.01. The van der Waals surface area contributed by atoms with Gasteiger partial charge in [0.1, 0.15) is 0 Å². The molecule has 0 spiro atoms. The van der Waals surface area contributed by atoms with E-state index in [9.17, 15) is 0 Å². The zero-order valence-electron chi connectivity index (χ0n) is 11.0. The van der Waals surface area contributed by atoms with Crippen LogP contribution < -0.4 is 5.73 Å². The second kappa shape index (κ2) is 6.02. The predicted octanol–water partition coefficient (Wildman–Crippen LogP) is 2.37. The van der Waals surface area contributed by atoms with Crippen LogP contribution in [0.15, 0.2) is 18.2 Å². The molecule has 1 saturated heterocycles. The normalized spacial score (nSPS) is 21.5. The summed E-state index contributed by atoms with van der Waals surface area (Å²) in [6.45, 7) is 4.35. The highest BCUT2D eigenvalue weighted by Gasteiger charge is 2.27. The molecule has 0 amide bonds. The van der Waals surface area contributed by atoms with Crippen molar-refractivity contribution in [1.82, 2.24) is 4.90 Å². The summed E-state index contributed by atoms with van der Waals surface area (Å²) in [7, 11) is 2.13. The zero-order valence-corrected chi connectivity index (χ0v) is 11.8. The monoisotopic (exact) mass is 268 g/mol. The Hall–Kier alpha value is -0.610. The SMILES string of the molecule is Cc1cc(Cl)ccc1C(CN)N(C)C1CCOC1. The Morgan fingerprint density at radius 2 is 2.33 bits per heavy atom. The smallest absolute Gasteiger partial charge is 0.0622 e. The van der Waals surface area contributed by atoms with E-state index in [2.05, 4.69) is 24.9 Å². The second-order valence-corrected chi connectivity index (χ2v) is 5.37. The molecule has 4 heteroatoms. The van der Waals surface area contributed by atoms with E-state index in [1.165, 1.54) is 11.1 Å². The molecule has 2 atom stereocenters. The Kier molecular flexibility index (Phi) is 4.62. The number of likely N-dealkylation sites (N-methyl/N-ethyl adjacent to an activating group) is 1. The van der Waals surface area contributed by atoms with Crippen molar-refractivity contribution >= 4 is 11.6 Å². The van der Waals surface area contributed by atoms with Crippen molar-refractivity contribution < 1.29 is 4.74 Å². The molecular weight excluding hydrogens is 248 g/mol. The lowest BCUT2D eigenvalue weighted by Gasteiger charge is -2.32. The lowest BCUT2D eigenvalue weighted by atomic mass is 9.99. The van der Waals surface area contributed by atoms with Crippen LogP contribution in [0, 0.1) is 6.92 Å². The van der Waals surface area contributed by atoms with Gasteiger partial charge in [0.2, 0.25) is 0 Å².